The molecule has 0 saturated heterocycles. The molecule has 0 aliphatic rings. The third-order valence-corrected chi connectivity index (χ3v) is 4.48. The van der Waals surface area contributed by atoms with Crippen molar-refractivity contribution in [3.05, 3.63) is 48.9 Å². The van der Waals surface area contributed by atoms with E-state index in [1.807, 2.05) is 19.4 Å². The number of hydrogen-bond acceptors (Lipinski definition) is 4. The van der Waals surface area contributed by atoms with Crippen molar-refractivity contribution in [2.45, 2.75) is 0 Å². The Balaban J connectivity index is 1.98. The molecule has 4 rings (SSSR count). The summed E-state index contributed by atoms with van der Waals surface area (Å²) in [4.78, 5) is 9.98. The highest BCUT2D eigenvalue weighted by Crippen LogP contribution is 2.34. The van der Waals surface area contributed by atoms with Crippen molar-refractivity contribution in [1.82, 2.24) is 14.4 Å². The fourth-order valence-corrected chi connectivity index (χ4v) is 3.46. The van der Waals surface area contributed by atoms with Gasteiger partial charge in [-0.2, -0.15) is 0 Å². The Bertz CT molecular complexity index is 873. The number of aromatic nitrogens is 3. The van der Waals surface area contributed by atoms with Crippen LogP contribution >= 0.6 is 11.3 Å². The third-order valence-electron chi connectivity index (χ3n) is 3.34. The van der Waals surface area contributed by atoms with Gasteiger partial charge in [0.2, 0.25) is 0 Å². The van der Waals surface area contributed by atoms with Gasteiger partial charge in [-0.3, -0.25) is 4.40 Å². The average molecular weight is 280 g/mol. The topological polar surface area (TPSA) is 42.2 Å². The number of thiophene rings is 1. The summed E-state index contributed by atoms with van der Waals surface area (Å²) < 4.78 is 3.36. The van der Waals surface area contributed by atoms with Gasteiger partial charge in [0.15, 0.2) is 11.5 Å². The van der Waals surface area contributed by atoms with Gasteiger partial charge in [0, 0.05) is 24.1 Å². The number of anilines is 1. The Hall–Kier alpha value is -2.40. The summed E-state index contributed by atoms with van der Waals surface area (Å²) in [5, 5.41) is 4.34. The van der Waals surface area contributed by atoms with E-state index in [9.17, 15) is 0 Å². The number of nitrogens with zero attached hydrogens (tertiary/aromatic N) is 3. The fourth-order valence-electron chi connectivity index (χ4n) is 2.39. The molecule has 3 aromatic heterocycles. The second kappa shape index (κ2) is 4.31. The molecule has 0 unspecified atom stereocenters. The van der Waals surface area contributed by atoms with E-state index in [2.05, 4.69) is 50.0 Å². The predicted molar refractivity (Wildman–Crippen MR) is 83.4 cm³/mol. The number of fused-ring (bicyclic) bond motifs is 2. The maximum atomic E-state index is 4.48. The van der Waals surface area contributed by atoms with Gasteiger partial charge in [-0.1, -0.05) is 18.2 Å². The lowest BCUT2D eigenvalue weighted by atomic mass is 10.2. The Morgan fingerprint density at radius 2 is 2.10 bits per heavy atom. The van der Waals surface area contributed by atoms with Crippen LogP contribution in [-0.4, -0.2) is 21.4 Å². The highest BCUT2D eigenvalue weighted by molar-refractivity contribution is 7.22. The van der Waals surface area contributed by atoms with Crippen molar-refractivity contribution in [3.63, 3.8) is 0 Å². The Kier molecular flexibility index (Phi) is 2.47. The summed E-state index contributed by atoms with van der Waals surface area (Å²) in [5.74, 6) is 0.792. The molecule has 20 heavy (non-hydrogen) atoms. The highest BCUT2D eigenvalue weighted by Gasteiger charge is 2.11. The zero-order valence-electron chi connectivity index (χ0n) is 10.9. The highest BCUT2D eigenvalue weighted by atomic mass is 32.1. The van der Waals surface area contributed by atoms with Crippen LogP contribution < -0.4 is 5.32 Å². The number of nitrogens with one attached hydrogen (secondary N) is 1. The fraction of sp³-hybridized carbons (Fsp3) is 0.0667. The van der Waals surface area contributed by atoms with E-state index >= 15 is 0 Å². The molecule has 98 valence electrons. The molecule has 0 spiro atoms. The summed E-state index contributed by atoms with van der Waals surface area (Å²) in [7, 11) is 1.86. The van der Waals surface area contributed by atoms with E-state index < -0.39 is 0 Å². The molecule has 0 bridgehead atoms. The van der Waals surface area contributed by atoms with Crippen molar-refractivity contribution in [3.8, 4) is 10.6 Å². The second-order valence-corrected chi connectivity index (χ2v) is 5.60. The number of imidazole rings is 1. The van der Waals surface area contributed by atoms with E-state index in [4.69, 9.17) is 0 Å². The van der Waals surface area contributed by atoms with Crippen molar-refractivity contribution >= 4 is 32.9 Å². The van der Waals surface area contributed by atoms with Gasteiger partial charge < -0.3 is 5.32 Å². The van der Waals surface area contributed by atoms with Gasteiger partial charge in [0.25, 0.3) is 0 Å². The molecular formula is C15H12N4S. The molecule has 1 N–H and O–H groups in total. The van der Waals surface area contributed by atoms with Crippen molar-refractivity contribution < 1.29 is 0 Å². The number of rotatable bonds is 2. The maximum absolute atomic E-state index is 4.48. The quantitative estimate of drug-likeness (QED) is 0.609. The van der Waals surface area contributed by atoms with Crippen LogP contribution in [0.3, 0.4) is 0 Å². The van der Waals surface area contributed by atoms with E-state index in [0.717, 1.165) is 17.2 Å². The Morgan fingerprint density at radius 3 is 2.95 bits per heavy atom. The molecule has 0 aliphatic heterocycles. The molecule has 5 heteroatoms. The van der Waals surface area contributed by atoms with Crippen LogP contribution in [0, 0.1) is 0 Å². The molecule has 0 atom stereocenters. The van der Waals surface area contributed by atoms with Gasteiger partial charge in [0.1, 0.15) is 0 Å². The molecule has 0 amide bonds. The molecule has 4 nitrogen and oxygen atoms in total. The van der Waals surface area contributed by atoms with Gasteiger partial charge in [-0.25, -0.2) is 9.97 Å². The Labute approximate surface area is 119 Å². The lowest BCUT2D eigenvalue weighted by Gasteiger charge is -2.02. The van der Waals surface area contributed by atoms with E-state index in [0.29, 0.717) is 0 Å². The largest absolute Gasteiger partial charge is 0.370 e. The number of benzene rings is 1. The molecule has 0 radical (unpaired) electrons. The van der Waals surface area contributed by atoms with Gasteiger partial charge in [-0.05, 0) is 17.5 Å². The average Bonchev–Trinajstić information content (AvgIpc) is 3.09. The van der Waals surface area contributed by atoms with Crippen LogP contribution in [0.1, 0.15) is 0 Å². The smallest absolute Gasteiger partial charge is 0.180 e. The molecular weight excluding hydrogens is 268 g/mol. The van der Waals surface area contributed by atoms with Crippen LogP contribution in [0.15, 0.2) is 48.9 Å². The predicted octanol–water partition coefficient (Wildman–Crippen LogP) is 3.65. The normalized spacial score (nSPS) is 11.2. The minimum absolute atomic E-state index is 0.792. The molecule has 0 aliphatic carbocycles. The van der Waals surface area contributed by atoms with E-state index in [-0.39, 0.29) is 0 Å². The summed E-state index contributed by atoms with van der Waals surface area (Å²) in [5.41, 5.74) is 1.95. The van der Waals surface area contributed by atoms with E-state index in [1.54, 1.807) is 17.5 Å². The first-order valence-corrected chi connectivity index (χ1v) is 7.17. The lowest BCUT2D eigenvalue weighted by Crippen LogP contribution is -1.97. The van der Waals surface area contributed by atoms with Crippen LogP contribution in [0.2, 0.25) is 0 Å². The van der Waals surface area contributed by atoms with Crippen molar-refractivity contribution in [2.75, 3.05) is 12.4 Å². The minimum atomic E-state index is 0.792. The summed E-state index contributed by atoms with van der Waals surface area (Å²) in [6.45, 7) is 0. The monoisotopic (exact) mass is 280 g/mol. The van der Waals surface area contributed by atoms with Gasteiger partial charge >= 0.3 is 0 Å². The minimum Gasteiger partial charge on any atom is -0.370 e. The van der Waals surface area contributed by atoms with Gasteiger partial charge in [0.05, 0.1) is 16.8 Å². The maximum Gasteiger partial charge on any atom is 0.180 e. The lowest BCUT2D eigenvalue weighted by molar-refractivity contribution is 1.13. The SMILES string of the molecule is CNc1nccn2c(-c3cc4ccccc4s3)cnc12. The molecule has 0 fully saturated rings. The standard InChI is InChI=1S/C15H12N4S/c1-16-14-15-18-9-11(19(15)7-6-17-14)13-8-10-4-2-3-5-12(10)20-13/h2-9H,1H3,(H,16,17). The van der Waals surface area contributed by atoms with Crippen LogP contribution in [-0.2, 0) is 0 Å². The molecule has 3 heterocycles. The van der Waals surface area contributed by atoms with E-state index in [1.165, 1.54) is 15.0 Å². The second-order valence-electron chi connectivity index (χ2n) is 4.51. The summed E-state index contributed by atoms with van der Waals surface area (Å²) in [6.07, 6.45) is 5.64. The zero-order valence-corrected chi connectivity index (χ0v) is 11.7. The van der Waals surface area contributed by atoms with Gasteiger partial charge in [-0.15, -0.1) is 11.3 Å². The molecule has 1 aromatic carbocycles. The third kappa shape index (κ3) is 1.60. The van der Waals surface area contributed by atoms with Crippen molar-refractivity contribution in [1.29, 1.82) is 0 Å². The first kappa shape index (κ1) is 11.4. The van der Waals surface area contributed by atoms with Crippen LogP contribution in [0.4, 0.5) is 5.82 Å². The van der Waals surface area contributed by atoms with Crippen LogP contribution in [0.5, 0.6) is 0 Å². The van der Waals surface area contributed by atoms with Crippen LogP contribution in [0.25, 0.3) is 26.3 Å². The molecule has 4 aromatic rings. The Morgan fingerprint density at radius 1 is 1.20 bits per heavy atom. The summed E-state index contributed by atoms with van der Waals surface area (Å²) in [6, 6.07) is 10.6. The number of hydrogen-bond donors (Lipinski definition) is 1. The van der Waals surface area contributed by atoms with Crippen molar-refractivity contribution in [2.24, 2.45) is 0 Å². The zero-order chi connectivity index (χ0) is 13.5. The molecule has 0 saturated carbocycles. The first-order valence-electron chi connectivity index (χ1n) is 6.35. The first-order chi connectivity index (χ1) is 9.86. The summed E-state index contributed by atoms with van der Waals surface area (Å²) >= 11 is 1.78.